The molecule has 1 unspecified atom stereocenters. The van der Waals surface area contributed by atoms with Crippen molar-refractivity contribution in [3.05, 3.63) is 53.3 Å². The molecule has 1 heterocycles. The predicted octanol–water partition coefficient (Wildman–Crippen LogP) is 4.31. The van der Waals surface area contributed by atoms with Crippen molar-refractivity contribution in [1.82, 2.24) is 5.32 Å². The fraction of sp³-hybridized carbons (Fsp3) is 0.318. The second-order valence-corrected chi connectivity index (χ2v) is 7.07. The molecule has 1 amide bonds. The normalized spacial score (nSPS) is 12.4. The molecule has 1 atom stereocenters. The average Bonchev–Trinajstić information content (AvgIpc) is 2.99. The molecule has 0 fully saturated rings. The number of nitrogens with one attached hydrogen (secondary N) is 1. The number of carbonyl (C=O) groups excluding carboxylic acids is 1. The van der Waals surface area contributed by atoms with Crippen molar-refractivity contribution < 1.29 is 23.4 Å². The molecule has 0 saturated carbocycles. The topological polar surface area (TPSA) is 71.7 Å². The van der Waals surface area contributed by atoms with Gasteiger partial charge in [0, 0.05) is 30.0 Å². The first-order valence-corrected chi connectivity index (χ1v) is 9.22. The largest absolute Gasteiger partial charge is 0.491 e. The summed E-state index contributed by atoms with van der Waals surface area (Å²) in [6.45, 7) is 5.52. The number of ether oxygens (including phenoxy) is 1. The molecule has 6 heteroatoms. The second kappa shape index (κ2) is 8.02. The minimum absolute atomic E-state index is 0.0721. The highest BCUT2D eigenvalue weighted by Gasteiger charge is 2.24. The van der Waals surface area contributed by atoms with Crippen LogP contribution in [0.2, 0.25) is 0 Å². The number of furan rings is 1. The highest BCUT2D eigenvalue weighted by Crippen LogP contribution is 2.38. The van der Waals surface area contributed by atoms with E-state index in [9.17, 15) is 14.3 Å². The Hall–Kier alpha value is -2.86. The van der Waals surface area contributed by atoms with Crippen molar-refractivity contribution in [1.29, 1.82) is 0 Å². The van der Waals surface area contributed by atoms with Gasteiger partial charge in [0.1, 0.15) is 22.9 Å². The third-order valence-electron chi connectivity index (χ3n) is 4.31. The van der Waals surface area contributed by atoms with Crippen molar-refractivity contribution in [3.63, 3.8) is 0 Å². The van der Waals surface area contributed by atoms with E-state index in [0.29, 0.717) is 40.0 Å². The molecule has 3 aromatic rings. The molecule has 0 aliphatic rings. The number of fused-ring (bicyclic) bond motifs is 1. The SMILES string of the molecule is CNC(=O)c1c(-c2ccc(F)cc2)oc2cc(CC(C)O)c(OC(C)C)cc12. The minimum Gasteiger partial charge on any atom is -0.491 e. The number of hydrogen-bond acceptors (Lipinski definition) is 4. The van der Waals surface area contributed by atoms with E-state index < -0.39 is 6.10 Å². The Morgan fingerprint density at radius 1 is 1.21 bits per heavy atom. The maximum Gasteiger partial charge on any atom is 0.255 e. The van der Waals surface area contributed by atoms with Crippen LogP contribution in [0.3, 0.4) is 0 Å². The molecule has 0 aliphatic carbocycles. The number of hydrogen-bond donors (Lipinski definition) is 2. The van der Waals surface area contributed by atoms with Gasteiger partial charge in [-0.2, -0.15) is 0 Å². The molecule has 0 radical (unpaired) electrons. The molecular weight excluding hydrogens is 361 g/mol. The first kappa shape index (κ1) is 19.9. The highest BCUT2D eigenvalue weighted by molar-refractivity contribution is 6.11. The second-order valence-electron chi connectivity index (χ2n) is 7.07. The van der Waals surface area contributed by atoms with Crippen LogP contribution in [0.15, 0.2) is 40.8 Å². The summed E-state index contributed by atoms with van der Waals surface area (Å²) in [4.78, 5) is 12.6. The predicted molar refractivity (Wildman–Crippen MR) is 106 cm³/mol. The minimum atomic E-state index is -0.558. The highest BCUT2D eigenvalue weighted by atomic mass is 19.1. The van der Waals surface area contributed by atoms with Gasteiger partial charge in [0.05, 0.1) is 17.8 Å². The number of aliphatic hydroxyl groups is 1. The number of halogens is 1. The lowest BCUT2D eigenvalue weighted by Crippen LogP contribution is -2.18. The molecule has 1 aromatic heterocycles. The lowest BCUT2D eigenvalue weighted by molar-refractivity contribution is 0.0964. The lowest BCUT2D eigenvalue weighted by Gasteiger charge is -2.15. The van der Waals surface area contributed by atoms with Gasteiger partial charge in [0.15, 0.2) is 0 Å². The molecular formula is C22H24FNO4. The number of aliphatic hydroxyl groups excluding tert-OH is 1. The van der Waals surface area contributed by atoms with Crippen molar-refractivity contribution in [3.8, 4) is 17.1 Å². The van der Waals surface area contributed by atoms with E-state index in [1.807, 2.05) is 13.8 Å². The van der Waals surface area contributed by atoms with Crippen LogP contribution in [0.25, 0.3) is 22.3 Å². The van der Waals surface area contributed by atoms with Gasteiger partial charge in [0.2, 0.25) is 0 Å². The van der Waals surface area contributed by atoms with Crippen LogP contribution < -0.4 is 10.1 Å². The van der Waals surface area contributed by atoms with Crippen LogP contribution in [0.5, 0.6) is 5.75 Å². The number of amides is 1. The van der Waals surface area contributed by atoms with E-state index in [0.717, 1.165) is 5.56 Å². The monoisotopic (exact) mass is 385 g/mol. The summed E-state index contributed by atoms with van der Waals surface area (Å²) >= 11 is 0. The average molecular weight is 385 g/mol. The summed E-state index contributed by atoms with van der Waals surface area (Å²) in [5.74, 6) is 0.282. The first-order chi connectivity index (χ1) is 13.3. The van der Waals surface area contributed by atoms with E-state index >= 15 is 0 Å². The Kier molecular flexibility index (Phi) is 5.70. The third kappa shape index (κ3) is 4.02. The zero-order valence-corrected chi connectivity index (χ0v) is 16.4. The van der Waals surface area contributed by atoms with Crippen molar-refractivity contribution in [2.45, 2.75) is 39.4 Å². The molecule has 0 aliphatic heterocycles. The number of benzene rings is 2. The molecule has 0 saturated heterocycles. The Labute approximate surface area is 163 Å². The molecule has 0 bridgehead atoms. The zero-order valence-electron chi connectivity index (χ0n) is 16.4. The van der Waals surface area contributed by atoms with Gasteiger partial charge in [-0.25, -0.2) is 4.39 Å². The summed E-state index contributed by atoms with van der Waals surface area (Å²) in [5.41, 5.74) is 2.25. The lowest BCUT2D eigenvalue weighted by atomic mass is 10.0. The van der Waals surface area contributed by atoms with E-state index in [1.165, 1.54) is 12.1 Å². The van der Waals surface area contributed by atoms with Gasteiger partial charge in [-0.1, -0.05) is 0 Å². The number of rotatable bonds is 6. The molecule has 148 valence electrons. The Morgan fingerprint density at radius 3 is 2.46 bits per heavy atom. The Balaban J connectivity index is 2.26. The van der Waals surface area contributed by atoms with Gasteiger partial charge in [-0.3, -0.25) is 4.79 Å². The van der Waals surface area contributed by atoms with Gasteiger partial charge < -0.3 is 19.6 Å². The molecule has 0 spiro atoms. The van der Waals surface area contributed by atoms with Crippen molar-refractivity contribution in [2.24, 2.45) is 0 Å². The van der Waals surface area contributed by atoms with E-state index in [2.05, 4.69) is 5.32 Å². The summed E-state index contributed by atoms with van der Waals surface area (Å²) < 4.78 is 25.3. The zero-order chi connectivity index (χ0) is 20.4. The van der Waals surface area contributed by atoms with Crippen molar-refractivity contribution in [2.75, 3.05) is 7.05 Å². The van der Waals surface area contributed by atoms with Gasteiger partial charge >= 0.3 is 0 Å². The molecule has 5 nitrogen and oxygen atoms in total. The van der Waals surface area contributed by atoms with Gasteiger partial charge in [-0.05, 0) is 57.2 Å². The van der Waals surface area contributed by atoms with E-state index in [-0.39, 0.29) is 17.8 Å². The first-order valence-electron chi connectivity index (χ1n) is 9.22. The van der Waals surface area contributed by atoms with Crippen LogP contribution in [0.4, 0.5) is 4.39 Å². The number of carbonyl (C=O) groups is 1. The maximum absolute atomic E-state index is 13.3. The van der Waals surface area contributed by atoms with Crippen LogP contribution >= 0.6 is 0 Å². The summed E-state index contributed by atoms with van der Waals surface area (Å²) in [6, 6.07) is 9.35. The van der Waals surface area contributed by atoms with E-state index in [1.54, 1.807) is 38.2 Å². The Bertz CT molecular complexity index is 990. The third-order valence-corrected chi connectivity index (χ3v) is 4.31. The molecule has 2 N–H and O–H groups in total. The summed E-state index contributed by atoms with van der Waals surface area (Å²) in [6.07, 6.45) is -0.242. The fourth-order valence-electron chi connectivity index (χ4n) is 3.16. The molecule has 28 heavy (non-hydrogen) atoms. The maximum atomic E-state index is 13.3. The van der Waals surface area contributed by atoms with Crippen LogP contribution in [0, 0.1) is 5.82 Å². The van der Waals surface area contributed by atoms with Gasteiger partial charge in [-0.15, -0.1) is 0 Å². The molecule has 2 aromatic carbocycles. The fourth-order valence-corrected chi connectivity index (χ4v) is 3.16. The van der Waals surface area contributed by atoms with Gasteiger partial charge in [0.25, 0.3) is 5.91 Å². The summed E-state index contributed by atoms with van der Waals surface area (Å²) in [5, 5.41) is 13.1. The quantitative estimate of drug-likeness (QED) is 0.663. The van der Waals surface area contributed by atoms with Crippen LogP contribution in [-0.2, 0) is 6.42 Å². The van der Waals surface area contributed by atoms with E-state index in [4.69, 9.17) is 9.15 Å². The summed E-state index contributed by atoms with van der Waals surface area (Å²) in [7, 11) is 1.54. The van der Waals surface area contributed by atoms with Crippen LogP contribution in [-0.4, -0.2) is 30.3 Å². The standard InChI is InChI=1S/C22H24FNO4/c1-12(2)27-18-11-17-19(10-15(18)9-13(3)25)28-21(20(17)22(26)24-4)14-5-7-16(23)8-6-14/h5-8,10-13,25H,9H2,1-4H3,(H,24,26). The molecule has 3 rings (SSSR count). The van der Waals surface area contributed by atoms with Crippen molar-refractivity contribution >= 4 is 16.9 Å². The Morgan fingerprint density at radius 2 is 1.89 bits per heavy atom. The smallest absolute Gasteiger partial charge is 0.255 e. The van der Waals surface area contributed by atoms with Crippen LogP contribution in [0.1, 0.15) is 36.7 Å².